The Morgan fingerprint density at radius 1 is 1.50 bits per heavy atom. The number of amides is 1. The molecule has 0 fully saturated rings. The van der Waals surface area contributed by atoms with E-state index < -0.39 is 0 Å². The number of hydrogen-bond acceptors (Lipinski definition) is 2. The van der Waals surface area contributed by atoms with Crippen molar-refractivity contribution in [1.82, 2.24) is 4.90 Å². The maximum atomic E-state index is 11.1. The summed E-state index contributed by atoms with van der Waals surface area (Å²) in [6.07, 6.45) is 1.59. The Balaban J connectivity index is 2.54. The van der Waals surface area contributed by atoms with Crippen LogP contribution in [0.25, 0.3) is 0 Å². The van der Waals surface area contributed by atoms with Crippen molar-refractivity contribution in [3.05, 3.63) is 30.1 Å². The predicted molar refractivity (Wildman–Crippen MR) is 51.5 cm³/mol. The molecule has 1 rings (SSSR count). The largest absolute Gasteiger partial charge is 0.438 e. The highest BCUT2D eigenvalue weighted by Gasteiger charge is 2.09. The first-order valence-electron chi connectivity index (χ1n) is 4.39. The molecular formula is C10H15N2O2+. The van der Waals surface area contributed by atoms with Crippen molar-refractivity contribution in [2.75, 3.05) is 14.1 Å². The van der Waals surface area contributed by atoms with Gasteiger partial charge in [0.2, 0.25) is 5.69 Å². The van der Waals surface area contributed by atoms with Crippen molar-refractivity contribution in [2.45, 2.75) is 6.61 Å². The van der Waals surface area contributed by atoms with Gasteiger partial charge < -0.3 is 9.64 Å². The molecule has 0 aliphatic heterocycles. The molecule has 1 heterocycles. The Kier molecular flexibility index (Phi) is 3.45. The third kappa shape index (κ3) is 2.73. The maximum Gasteiger partial charge on any atom is 0.409 e. The number of aromatic nitrogens is 1. The molecule has 0 unspecified atom stereocenters. The molecule has 0 saturated carbocycles. The number of hydrogen-bond donors (Lipinski definition) is 0. The number of carbonyl (C=O) groups is 1. The van der Waals surface area contributed by atoms with Crippen LogP contribution in [0.2, 0.25) is 0 Å². The molecular weight excluding hydrogens is 180 g/mol. The molecule has 0 spiro atoms. The number of pyridine rings is 1. The van der Waals surface area contributed by atoms with Gasteiger partial charge in [-0.05, 0) is 6.07 Å². The summed E-state index contributed by atoms with van der Waals surface area (Å²) in [5, 5.41) is 0. The maximum absolute atomic E-state index is 11.1. The van der Waals surface area contributed by atoms with Gasteiger partial charge in [0.15, 0.2) is 12.8 Å². The molecule has 1 aromatic rings. The number of ether oxygens (including phenoxy) is 1. The summed E-state index contributed by atoms with van der Waals surface area (Å²) in [5.41, 5.74) is 0.961. The summed E-state index contributed by atoms with van der Waals surface area (Å²) in [7, 11) is 5.24. The van der Waals surface area contributed by atoms with E-state index in [2.05, 4.69) is 0 Å². The van der Waals surface area contributed by atoms with Gasteiger partial charge in [-0.1, -0.05) is 0 Å². The number of aryl methyl sites for hydroxylation is 1. The van der Waals surface area contributed by atoms with E-state index in [1.807, 2.05) is 36.0 Å². The first-order chi connectivity index (χ1) is 6.61. The smallest absolute Gasteiger partial charge is 0.409 e. The number of carbonyl (C=O) groups excluding carboxylic acids is 1. The third-order valence-corrected chi connectivity index (χ3v) is 1.87. The van der Waals surface area contributed by atoms with E-state index in [-0.39, 0.29) is 6.09 Å². The van der Waals surface area contributed by atoms with E-state index in [1.165, 1.54) is 4.90 Å². The molecule has 1 amide bonds. The summed E-state index contributed by atoms with van der Waals surface area (Å²) in [6.45, 7) is 0.300. The van der Waals surface area contributed by atoms with Crippen molar-refractivity contribution < 1.29 is 14.1 Å². The van der Waals surface area contributed by atoms with Crippen molar-refractivity contribution >= 4 is 6.09 Å². The van der Waals surface area contributed by atoms with Crippen molar-refractivity contribution in [2.24, 2.45) is 7.05 Å². The van der Waals surface area contributed by atoms with Gasteiger partial charge in [-0.15, -0.1) is 0 Å². The first-order valence-corrected chi connectivity index (χ1v) is 4.39. The zero-order chi connectivity index (χ0) is 10.6. The molecule has 0 bridgehead atoms. The van der Waals surface area contributed by atoms with Gasteiger partial charge in [-0.3, -0.25) is 0 Å². The Labute approximate surface area is 83.7 Å². The second-order valence-electron chi connectivity index (χ2n) is 3.25. The average molecular weight is 195 g/mol. The molecule has 0 N–H and O–H groups in total. The molecule has 4 nitrogen and oxygen atoms in total. The Morgan fingerprint density at radius 2 is 2.21 bits per heavy atom. The summed E-state index contributed by atoms with van der Waals surface area (Å²) in [5.74, 6) is 0. The van der Waals surface area contributed by atoms with E-state index in [0.29, 0.717) is 6.61 Å². The van der Waals surface area contributed by atoms with Crippen molar-refractivity contribution in [3.63, 3.8) is 0 Å². The minimum atomic E-state index is -0.325. The number of nitrogens with zero attached hydrogens (tertiary/aromatic N) is 2. The molecule has 0 aromatic carbocycles. The Bertz CT molecular complexity index is 324. The van der Waals surface area contributed by atoms with E-state index in [9.17, 15) is 4.79 Å². The van der Waals surface area contributed by atoms with Gasteiger partial charge in [0.05, 0.1) is 0 Å². The standard InChI is InChI=1S/C10H15N2O2/c1-11(2)10(13)14-8-9-6-4-5-7-12(9)3/h4-7H,8H2,1-3H3/q+1. The normalized spacial score (nSPS) is 9.64. The Morgan fingerprint density at radius 3 is 2.79 bits per heavy atom. The lowest BCUT2D eigenvalue weighted by Crippen LogP contribution is -2.34. The van der Waals surface area contributed by atoms with Crippen LogP contribution in [-0.2, 0) is 18.4 Å². The first kappa shape index (κ1) is 10.5. The number of rotatable bonds is 2. The van der Waals surface area contributed by atoms with Crippen molar-refractivity contribution in [1.29, 1.82) is 0 Å². The van der Waals surface area contributed by atoms with E-state index in [1.54, 1.807) is 14.1 Å². The molecule has 0 atom stereocenters. The van der Waals surface area contributed by atoms with Crippen LogP contribution in [0.1, 0.15) is 5.69 Å². The molecule has 4 heteroatoms. The molecule has 0 radical (unpaired) electrons. The highest BCUT2D eigenvalue weighted by atomic mass is 16.6. The van der Waals surface area contributed by atoms with Crippen LogP contribution in [0.4, 0.5) is 4.79 Å². The topological polar surface area (TPSA) is 33.4 Å². The van der Waals surface area contributed by atoms with Crippen LogP contribution in [-0.4, -0.2) is 25.1 Å². The monoisotopic (exact) mass is 195 g/mol. The van der Waals surface area contributed by atoms with Crippen LogP contribution in [0.5, 0.6) is 0 Å². The molecule has 14 heavy (non-hydrogen) atoms. The third-order valence-electron chi connectivity index (χ3n) is 1.87. The second kappa shape index (κ2) is 4.60. The van der Waals surface area contributed by atoms with Gasteiger partial charge >= 0.3 is 6.09 Å². The van der Waals surface area contributed by atoms with E-state index in [4.69, 9.17) is 4.74 Å². The zero-order valence-electron chi connectivity index (χ0n) is 8.73. The Hall–Kier alpha value is -1.58. The lowest BCUT2D eigenvalue weighted by Gasteiger charge is -2.09. The van der Waals surface area contributed by atoms with Crippen LogP contribution in [0.15, 0.2) is 24.4 Å². The summed E-state index contributed by atoms with van der Waals surface area (Å²) < 4.78 is 6.96. The summed E-state index contributed by atoms with van der Waals surface area (Å²) in [6, 6.07) is 5.76. The van der Waals surface area contributed by atoms with Gasteiger partial charge in [-0.2, -0.15) is 0 Å². The summed E-state index contributed by atoms with van der Waals surface area (Å²) >= 11 is 0. The van der Waals surface area contributed by atoms with E-state index >= 15 is 0 Å². The molecule has 76 valence electrons. The van der Waals surface area contributed by atoms with Crippen LogP contribution in [0.3, 0.4) is 0 Å². The van der Waals surface area contributed by atoms with Crippen LogP contribution in [0, 0.1) is 0 Å². The quantitative estimate of drug-likeness (QED) is 0.651. The fourth-order valence-corrected chi connectivity index (χ4v) is 0.973. The van der Waals surface area contributed by atoms with E-state index in [0.717, 1.165) is 5.69 Å². The second-order valence-corrected chi connectivity index (χ2v) is 3.25. The van der Waals surface area contributed by atoms with Crippen LogP contribution >= 0.6 is 0 Å². The molecule has 0 aliphatic carbocycles. The SMILES string of the molecule is CN(C)C(=O)OCc1cccc[n+]1C. The fraction of sp³-hybridized carbons (Fsp3) is 0.400. The molecule has 1 aromatic heterocycles. The highest BCUT2D eigenvalue weighted by molar-refractivity contribution is 5.66. The predicted octanol–water partition coefficient (Wildman–Crippen LogP) is 0.709. The summed E-state index contributed by atoms with van der Waals surface area (Å²) in [4.78, 5) is 12.5. The van der Waals surface area contributed by atoms with Gasteiger partial charge in [0, 0.05) is 26.2 Å². The zero-order valence-corrected chi connectivity index (χ0v) is 8.73. The fourth-order valence-electron chi connectivity index (χ4n) is 0.973. The lowest BCUT2D eigenvalue weighted by atomic mass is 10.3. The van der Waals surface area contributed by atoms with Gasteiger partial charge in [0.1, 0.15) is 7.05 Å². The minimum Gasteiger partial charge on any atom is -0.438 e. The van der Waals surface area contributed by atoms with Crippen LogP contribution < -0.4 is 4.57 Å². The highest BCUT2D eigenvalue weighted by Crippen LogP contribution is 1.95. The van der Waals surface area contributed by atoms with Crippen molar-refractivity contribution in [3.8, 4) is 0 Å². The van der Waals surface area contributed by atoms with Gasteiger partial charge in [0.25, 0.3) is 0 Å². The van der Waals surface area contributed by atoms with Gasteiger partial charge in [-0.25, -0.2) is 9.36 Å². The molecule has 0 aliphatic rings. The average Bonchev–Trinajstić information content (AvgIpc) is 2.16. The molecule has 0 saturated heterocycles. The lowest BCUT2D eigenvalue weighted by molar-refractivity contribution is -0.680. The minimum absolute atomic E-state index is 0.300.